The molecule has 1 aromatic carbocycles. The highest BCUT2D eigenvalue weighted by atomic mass is 19.2. The first-order valence-corrected chi connectivity index (χ1v) is 5.95. The summed E-state index contributed by atoms with van der Waals surface area (Å²) in [5, 5.41) is 19.6. The summed E-state index contributed by atoms with van der Waals surface area (Å²) in [5.74, 6) is -3.48. The van der Waals surface area contributed by atoms with E-state index in [1.54, 1.807) is 6.92 Å². The van der Waals surface area contributed by atoms with Crippen LogP contribution in [-0.4, -0.2) is 40.5 Å². The van der Waals surface area contributed by atoms with E-state index < -0.39 is 33.7 Å². The van der Waals surface area contributed by atoms with E-state index in [2.05, 4.69) is 0 Å². The van der Waals surface area contributed by atoms with Crippen LogP contribution in [-0.2, 0) is 0 Å². The number of nitro groups is 1. The molecule has 0 aliphatic rings. The van der Waals surface area contributed by atoms with Gasteiger partial charge in [-0.05, 0) is 19.4 Å². The molecule has 0 aliphatic carbocycles. The summed E-state index contributed by atoms with van der Waals surface area (Å²) in [6.07, 6.45) is 0.289. The van der Waals surface area contributed by atoms with Gasteiger partial charge in [-0.25, -0.2) is 8.78 Å². The number of amides is 1. The molecule has 1 aromatic rings. The number of hydrogen-bond acceptors (Lipinski definition) is 4. The Morgan fingerprint density at radius 1 is 1.40 bits per heavy atom. The average Bonchev–Trinajstić information content (AvgIpc) is 2.41. The molecule has 0 bridgehead atoms. The molecule has 0 spiro atoms. The molecule has 0 radical (unpaired) electrons. The van der Waals surface area contributed by atoms with E-state index in [9.17, 15) is 23.7 Å². The molecule has 0 unspecified atom stereocenters. The summed E-state index contributed by atoms with van der Waals surface area (Å²) in [7, 11) is 0. The van der Waals surface area contributed by atoms with Gasteiger partial charge in [0.15, 0.2) is 11.6 Å². The predicted octanol–water partition coefficient (Wildman–Crippen LogP) is 1.72. The van der Waals surface area contributed by atoms with Crippen LogP contribution in [0.2, 0.25) is 0 Å². The molecule has 0 fully saturated rings. The molecule has 1 N–H and O–H groups in total. The van der Waals surface area contributed by atoms with Crippen molar-refractivity contribution in [3.8, 4) is 0 Å². The van der Waals surface area contributed by atoms with Gasteiger partial charge in [-0.3, -0.25) is 14.9 Å². The van der Waals surface area contributed by atoms with Gasteiger partial charge in [-0.2, -0.15) is 0 Å². The molecule has 110 valence electrons. The molecule has 0 heterocycles. The topological polar surface area (TPSA) is 83.7 Å². The third-order valence-electron chi connectivity index (χ3n) is 2.72. The number of nitrogens with zero attached hydrogens (tertiary/aromatic N) is 2. The van der Waals surface area contributed by atoms with Crippen LogP contribution in [0.3, 0.4) is 0 Å². The van der Waals surface area contributed by atoms with Gasteiger partial charge in [0.1, 0.15) is 5.56 Å². The lowest BCUT2D eigenvalue weighted by atomic mass is 10.1. The van der Waals surface area contributed by atoms with Gasteiger partial charge >= 0.3 is 0 Å². The molecule has 0 saturated heterocycles. The third-order valence-corrected chi connectivity index (χ3v) is 2.72. The maximum absolute atomic E-state index is 13.2. The van der Waals surface area contributed by atoms with Crippen molar-refractivity contribution < 1.29 is 23.6 Å². The summed E-state index contributed by atoms with van der Waals surface area (Å²) in [4.78, 5) is 23.2. The van der Waals surface area contributed by atoms with Crippen LogP contribution in [0, 0.1) is 21.7 Å². The van der Waals surface area contributed by atoms with E-state index in [0.29, 0.717) is 12.1 Å². The Morgan fingerprint density at radius 3 is 2.50 bits per heavy atom. The largest absolute Gasteiger partial charge is 0.396 e. The van der Waals surface area contributed by atoms with Gasteiger partial charge < -0.3 is 10.0 Å². The van der Waals surface area contributed by atoms with Crippen LogP contribution in [0.4, 0.5) is 14.5 Å². The van der Waals surface area contributed by atoms with Gasteiger partial charge in [-0.15, -0.1) is 0 Å². The van der Waals surface area contributed by atoms with Gasteiger partial charge in [0.2, 0.25) is 0 Å². The highest BCUT2D eigenvalue weighted by Crippen LogP contribution is 2.23. The first-order valence-electron chi connectivity index (χ1n) is 5.95. The van der Waals surface area contributed by atoms with Crippen molar-refractivity contribution in [2.75, 3.05) is 19.7 Å². The molecular formula is C12H14F2N2O4. The number of nitro benzene ring substituents is 1. The standard InChI is InChI=1S/C12H14F2N2O4/c1-2-15(4-3-5-17)12(18)8-6-9(13)10(14)7-11(8)16(19)20/h6-7,17H,2-5H2,1H3. The summed E-state index contributed by atoms with van der Waals surface area (Å²) < 4.78 is 26.2. The highest BCUT2D eigenvalue weighted by Gasteiger charge is 2.26. The van der Waals surface area contributed by atoms with Gasteiger partial charge in [0.25, 0.3) is 11.6 Å². The number of halogens is 2. The number of hydrogen-bond donors (Lipinski definition) is 1. The van der Waals surface area contributed by atoms with E-state index in [1.165, 1.54) is 4.90 Å². The van der Waals surface area contributed by atoms with Crippen LogP contribution in [0.1, 0.15) is 23.7 Å². The molecule has 0 atom stereocenters. The van der Waals surface area contributed by atoms with Crippen molar-refractivity contribution >= 4 is 11.6 Å². The Balaban J connectivity index is 3.19. The number of aliphatic hydroxyl groups excluding tert-OH is 1. The van der Waals surface area contributed by atoms with Crippen LogP contribution in [0.25, 0.3) is 0 Å². The van der Waals surface area contributed by atoms with Crippen molar-refractivity contribution in [1.82, 2.24) is 4.90 Å². The fourth-order valence-electron chi connectivity index (χ4n) is 1.69. The van der Waals surface area contributed by atoms with Gasteiger partial charge in [0, 0.05) is 19.7 Å². The third kappa shape index (κ3) is 3.47. The molecule has 0 aromatic heterocycles. The maximum Gasteiger partial charge on any atom is 0.285 e. The van der Waals surface area contributed by atoms with Gasteiger partial charge in [0.05, 0.1) is 11.0 Å². The summed E-state index contributed by atoms with van der Waals surface area (Å²) in [6.45, 7) is 1.89. The SMILES string of the molecule is CCN(CCCO)C(=O)c1cc(F)c(F)cc1[N+](=O)[O-]. The number of rotatable bonds is 6. The molecule has 8 heteroatoms. The quantitative estimate of drug-likeness (QED) is 0.638. The van der Waals surface area contributed by atoms with Crippen LogP contribution >= 0.6 is 0 Å². The Morgan fingerprint density at radius 2 is 2.00 bits per heavy atom. The second kappa shape index (κ2) is 6.90. The molecule has 6 nitrogen and oxygen atoms in total. The zero-order chi connectivity index (χ0) is 15.3. The minimum Gasteiger partial charge on any atom is -0.396 e. The second-order valence-corrected chi connectivity index (χ2v) is 4.00. The average molecular weight is 288 g/mol. The summed E-state index contributed by atoms with van der Waals surface area (Å²) in [5.41, 5.74) is -1.29. The minimum absolute atomic E-state index is 0.149. The lowest BCUT2D eigenvalue weighted by Gasteiger charge is -2.20. The first-order chi connectivity index (χ1) is 9.42. The number of carbonyl (C=O) groups is 1. The first kappa shape index (κ1) is 16.0. The number of benzene rings is 1. The summed E-state index contributed by atoms with van der Waals surface area (Å²) in [6, 6.07) is 0.917. The highest BCUT2D eigenvalue weighted by molar-refractivity contribution is 5.98. The Labute approximate surface area is 113 Å². The predicted molar refractivity (Wildman–Crippen MR) is 66.3 cm³/mol. The van der Waals surface area contributed by atoms with Crippen molar-refractivity contribution in [2.45, 2.75) is 13.3 Å². The fourth-order valence-corrected chi connectivity index (χ4v) is 1.69. The fraction of sp³-hybridized carbons (Fsp3) is 0.417. The lowest BCUT2D eigenvalue weighted by Crippen LogP contribution is -2.32. The van der Waals surface area contributed by atoms with E-state index in [-0.39, 0.29) is 26.1 Å². The van der Waals surface area contributed by atoms with Crippen molar-refractivity contribution in [2.24, 2.45) is 0 Å². The normalized spacial score (nSPS) is 10.4. The number of carbonyl (C=O) groups excluding carboxylic acids is 1. The second-order valence-electron chi connectivity index (χ2n) is 4.00. The van der Waals surface area contributed by atoms with Crippen molar-refractivity contribution in [3.05, 3.63) is 39.4 Å². The van der Waals surface area contributed by atoms with Crippen LogP contribution in [0.5, 0.6) is 0 Å². The Bertz CT molecular complexity index is 522. The number of aliphatic hydroxyl groups is 1. The molecule has 0 aliphatic heterocycles. The molecule has 1 amide bonds. The minimum atomic E-state index is -1.38. The molecule has 1 rings (SSSR count). The van der Waals surface area contributed by atoms with Crippen molar-refractivity contribution in [3.63, 3.8) is 0 Å². The van der Waals surface area contributed by atoms with Crippen molar-refractivity contribution in [1.29, 1.82) is 0 Å². The maximum atomic E-state index is 13.2. The zero-order valence-electron chi connectivity index (χ0n) is 10.8. The van der Waals surface area contributed by atoms with Gasteiger partial charge in [-0.1, -0.05) is 0 Å². The smallest absolute Gasteiger partial charge is 0.285 e. The molecule has 20 heavy (non-hydrogen) atoms. The summed E-state index contributed by atoms with van der Waals surface area (Å²) >= 11 is 0. The van der Waals surface area contributed by atoms with E-state index in [4.69, 9.17) is 5.11 Å². The van der Waals surface area contributed by atoms with E-state index in [1.807, 2.05) is 0 Å². The Kier molecular flexibility index (Phi) is 5.51. The zero-order valence-corrected chi connectivity index (χ0v) is 10.8. The monoisotopic (exact) mass is 288 g/mol. The molecular weight excluding hydrogens is 274 g/mol. The Hall–Kier alpha value is -2.09. The van der Waals surface area contributed by atoms with Crippen LogP contribution in [0.15, 0.2) is 12.1 Å². The van der Waals surface area contributed by atoms with E-state index in [0.717, 1.165) is 0 Å². The van der Waals surface area contributed by atoms with Crippen LogP contribution < -0.4 is 0 Å². The molecule has 0 saturated carbocycles. The van der Waals surface area contributed by atoms with E-state index >= 15 is 0 Å². The lowest BCUT2D eigenvalue weighted by molar-refractivity contribution is -0.385.